The lowest BCUT2D eigenvalue weighted by Gasteiger charge is -2.22. The van der Waals surface area contributed by atoms with Gasteiger partial charge in [0.25, 0.3) is 5.91 Å². The summed E-state index contributed by atoms with van der Waals surface area (Å²) < 4.78 is 10.6. The molecule has 19 heavy (non-hydrogen) atoms. The fourth-order valence-corrected chi connectivity index (χ4v) is 1.94. The molecule has 0 spiro atoms. The molecule has 1 saturated heterocycles. The molecule has 1 unspecified atom stereocenters. The Morgan fingerprint density at radius 3 is 2.95 bits per heavy atom. The van der Waals surface area contributed by atoms with Crippen LogP contribution in [0.5, 0.6) is 5.75 Å². The minimum atomic E-state index is -0.343. The number of hydrogen-bond acceptors (Lipinski definition) is 4. The average Bonchev–Trinajstić information content (AvgIpc) is 2.46. The van der Waals surface area contributed by atoms with E-state index in [4.69, 9.17) is 14.3 Å². The normalized spacial score (nSPS) is 18.9. The zero-order valence-corrected chi connectivity index (χ0v) is 11.3. The molecule has 1 amide bonds. The fraction of sp³-hybridized carbons (Fsp3) is 0.500. The van der Waals surface area contributed by atoms with Crippen LogP contribution in [0.1, 0.15) is 35.2 Å². The summed E-state index contributed by atoms with van der Waals surface area (Å²) in [4.78, 5) is 17.2. The number of hydrogen-bond donors (Lipinski definition) is 1. The second kappa shape index (κ2) is 6.54. The number of amides is 1. The van der Waals surface area contributed by atoms with E-state index in [0.717, 1.165) is 24.8 Å². The van der Waals surface area contributed by atoms with Gasteiger partial charge in [0.05, 0.1) is 7.11 Å². The topological polar surface area (TPSA) is 56.8 Å². The van der Waals surface area contributed by atoms with Crippen molar-refractivity contribution in [3.8, 4) is 5.75 Å². The molecule has 1 heterocycles. The van der Waals surface area contributed by atoms with Crippen LogP contribution in [0.2, 0.25) is 0 Å². The van der Waals surface area contributed by atoms with E-state index in [1.54, 1.807) is 19.2 Å². The van der Waals surface area contributed by atoms with Gasteiger partial charge in [0, 0.05) is 18.6 Å². The van der Waals surface area contributed by atoms with Gasteiger partial charge in [-0.15, -0.1) is 0 Å². The van der Waals surface area contributed by atoms with Crippen LogP contribution in [-0.4, -0.2) is 25.9 Å². The molecular weight excluding hydrogens is 246 g/mol. The van der Waals surface area contributed by atoms with Crippen molar-refractivity contribution in [2.24, 2.45) is 0 Å². The van der Waals surface area contributed by atoms with Gasteiger partial charge in [0.15, 0.2) is 6.29 Å². The first kappa shape index (κ1) is 13.8. The second-order valence-corrected chi connectivity index (χ2v) is 4.53. The third kappa shape index (κ3) is 3.68. The SMILES string of the molecule is COc1cc(C(=O)NOC2CCCCO2)ccc1C. The third-order valence-corrected chi connectivity index (χ3v) is 3.09. The Morgan fingerprint density at radius 2 is 2.26 bits per heavy atom. The van der Waals surface area contributed by atoms with E-state index in [0.29, 0.717) is 17.9 Å². The molecule has 1 aliphatic heterocycles. The molecule has 5 nitrogen and oxygen atoms in total. The van der Waals surface area contributed by atoms with Crippen molar-refractivity contribution in [1.29, 1.82) is 0 Å². The standard InChI is InChI=1S/C14H19NO4/c1-10-6-7-11(9-12(10)17-2)14(16)15-19-13-5-3-4-8-18-13/h6-7,9,13H,3-5,8H2,1-2H3,(H,15,16). The van der Waals surface area contributed by atoms with E-state index in [2.05, 4.69) is 5.48 Å². The molecule has 1 fully saturated rings. The predicted molar refractivity (Wildman–Crippen MR) is 69.9 cm³/mol. The van der Waals surface area contributed by atoms with E-state index < -0.39 is 0 Å². The van der Waals surface area contributed by atoms with Crippen molar-refractivity contribution in [1.82, 2.24) is 5.48 Å². The van der Waals surface area contributed by atoms with Crippen molar-refractivity contribution >= 4 is 5.91 Å². The summed E-state index contributed by atoms with van der Waals surface area (Å²) in [5.41, 5.74) is 3.90. The monoisotopic (exact) mass is 265 g/mol. The highest BCUT2D eigenvalue weighted by Gasteiger charge is 2.16. The van der Waals surface area contributed by atoms with Gasteiger partial charge >= 0.3 is 0 Å². The third-order valence-electron chi connectivity index (χ3n) is 3.09. The summed E-state index contributed by atoms with van der Waals surface area (Å²) in [6.45, 7) is 2.60. The Kier molecular flexibility index (Phi) is 4.76. The van der Waals surface area contributed by atoms with Gasteiger partial charge in [-0.05, 0) is 37.5 Å². The minimum absolute atomic E-state index is 0.299. The van der Waals surface area contributed by atoms with Crippen LogP contribution in [-0.2, 0) is 9.57 Å². The van der Waals surface area contributed by atoms with Crippen LogP contribution in [0.4, 0.5) is 0 Å². The number of rotatable bonds is 4. The number of hydroxylamine groups is 1. The molecular formula is C14H19NO4. The maximum absolute atomic E-state index is 11.9. The molecule has 0 radical (unpaired) electrons. The minimum Gasteiger partial charge on any atom is -0.496 e. The maximum Gasteiger partial charge on any atom is 0.275 e. The van der Waals surface area contributed by atoms with Gasteiger partial charge in [-0.2, -0.15) is 0 Å². The highest BCUT2D eigenvalue weighted by molar-refractivity contribution is 5.94. The average molecular weight is 265 g/mol. The van der Waals surface area contributed by atoms with Gasteiger partial charge in [0.2, 0.25) is 0 Å². The number of methoxy groups -OCH3 is 1. The first-order valence-corrected chi connectivity index (χ1v) is 6.43. The van der Waals surface area contributed by atoms with Crippen LogP contribution in [0.3, 0.4) is 0 Å². The highest BCUT2D eigenvalue weighted by Crippen LogP contribution is 2.19. The largest absolute Gasteiger partial charge is 0.496 e. The molecule has 0 aliphatic carbocycles. The zero-order chi connectivity index (χ0) is 13.7. The molecule has 1 atom stereocenters. The van der Waals surface area contributed by atoms with Crippen LogP contribution in [0, 0.1) is 6.92 Å². The molecule has 1 aromatic rings. The van der Waals surface area contributed by atoms with E-state index in [1.807, 2.05) is 13.0 Å². The fourth-order valence-electron chi connectivity index (χ4n) is 1.94. The van der Waals surface area contributed by atoms with Gasteiger partial charge in [-0.25, -0.2) is 10.3 Å². The van der Waals surface area contributed by atoms with Gasteiger partial charge in [-0.3, -0.25) is 4.79 Å². The summed E-state index contributed by atoms with van der Waals surface area (Å²) in [6.07, 6.45) is 2.56. The molecule has 0 saturated carbocycles. The first-order valence-electron chi connectivity index (χ1n) is 6.43. The van der Waals surface area contributed by atoms with Crippen LogP contribution in [0.15, 0.2) is 18.2 Å². The number of ether oxygens (including phenoxy) is 2. The summed E-state index contributed by atoms with van der Waals surface area (Å²) in [5, 5.41) is 0. The van der Waals surface area contributed by atoms with Crippen molar-refractivity contribution in [3.05, 3.63) is 29.3 Å². The smallest absolute Gasteiger partial charge is 0.275 e. The first-order chi connectivity index (χ1) is 9.20. The number of aryl methyl sites for hydroxylation is 1. The number of carbonyl (C=O) groups excluding carboxylic acids is 1. The lowest BCUT2D eigenvalue weighted by molar-refractivity contribution is -0.186. The number of benzene rings is 1. The summed E-state index contributed by atoms with van der Waals surface area (Å²) in [7, 11) is 1.58. The highest BCUT2D eigenvalue weighted by atomic mass is 16.8. The number of nitrogens with one attached hydrogen (secondary N) is 1. The van der Waals surface area contributed by atoms with E-state index >= 15 is 0 Å². The second-order valence-electron chi connectivity index (χ2n) is 4.53. The lowest BCUT2D eigenvalue weighted by atomic mass is 10.1. The van der Waals surface area contributed by atoms with E-state index in [1.165, 1.54) is 0 Å². The summed E-state index contributed by atoms with van der Waals surface area (Å²) in [5.74, 6) is 0.383. The van der Waals surface area contributed by atoms with Crippen LogP contribution >= 0.6 is 0 Å². The zero-order valence-electron chi connectivity index (χ0n) is 11.3. The molecule has 1 aliphatic rings. The van der Waals surface area contributed by atoms with Gasteiger partial charge in [0.1, 0.15) is 5.75 Å². The van der Waals surface area contributed by atoms with Crippen molar-refractivity contribution < 1.29 is 19.1 Å². The van der Waals surface area contributed by atoms with Crippen molar-refractivity contribution in [3.63, 3.8) is 0 Å². The van der Waals surface area contributed by atoms with Crippen LogP contribution in [0.25, 0.3) is 0 Å². The maximum atomic E-state index is 11.9. The Balaban J connectivity index is 1.92. The number of carbonyl (C=O) groups is 1. The Morgan fingerprint density at radius 1 is 1.42 bits per heavy atom. The summed E-state index contributed by atoms with van der Waals surface area (Å²) >= 11 is 0. The molecule has 2 rings (SSSR count). The van der Waals surface area contributed by atoms with Crippen molar-refractivity contribution in [2.75, 3.05) is 13.7 Å². The molecule has 1 N–H and O–H groups in total. The molecule has 0 bridgehead atoms. The quantitative estimate of drug-likeness (QED) is 0.848. The Hall–Kier alpha value is -1.59. The Labute approximate surface area is 112 Å². The van der Waals surface area contributed by atoms with Gasteiger partial charge in [-0.1, -0.05) is 6.07 Å². The van der Waals surface area contributed by atoms with E-state index in [9.17, 15) is 4.79 Å². The van der Waals surface area contributed by atoms with Gasteiger partial charge < -0.3 is 9.47 Å². The lowest BCUT2D eigenvalue weighted by Crippen LogP contribution is -2.33. The molecule has 104 valence electrons. The molecule has 0 aromatic heterocycles. The van der Waals surface area contributed by atoms with Crippen molar-refractivity contribution in [2.45, 2.75) is 32.5 Å². The van der Waals surface area contributed by atoms with Crippen LogP contribution < -0.4 is 10.2 Å². The summed E-state index contributed by atoms with van der Waals surface area (Å²) in [6, 6.07) is 5.26. The van der Waals surface area contributed by atoms with E-state index in [-0.39, 0.29) is 12.2 Å². The molecule has 5 heteroatoms. The predicted octanol–water partition coefficient (Wildman–Crippen LogP) is 2.19. The Bertz CT molecular complexity index is 441. The molecule has 1 aromatic carbocycles.